The molecule has 1 aliphatic carbocycles. The Morgan fingerprint density at radius 3 is 2.32 bits per heavy atom. The number of aryl methyl sites for hydroxylation is 2. The van der Waals surface area contributed by atoms with Gasteiger partial charge in [-0.05, 0) is 49.8 Å². The molecule has 5 rings (SSSR count). The highest BCUT2D eigenvalue weighted by Crippen LogP contribution is 2.51. The van der Waals surface area contributed by atoms with E-state index >= 15 is 0 Å². The topological polar surface area (TPSA) is 56.3 Å². The number of hydrogen-bond donors (Lipinski definition) is 2. The van der Waals surface area contributed by atoms with E-state index in [0.29, 0.717) is 13.1 Å². The van der Waals surface area contributed by atoms with E-state index in [9.17, 15) is 4.79 Å². The number of amides is 1. The molecular formula is C27H36N2O2. The molecule has 166 valence electrons. The molecule has 4 nitrogen and oxygen atoms in total. The van der Waals surface area contributed by atoms with Crippen LogP contribution in [0.3, 0.4) is 0 Å². The van der Waals surface area contributed by atoms with Crippen molar-refractivity contribution >= 4 is 17.3 Å². The maximum Gasteiger partial charge on any atom is 0.209 e. The van der Waals surface area contributed by atoms with Gasteiger partial charge in [-0.25, -0.2) is 0 Å². The Morgan fingerprint density at radius 1 is 1.10 bits per heavy atom. The maximum absolute atomic E-state index is 9.97. The van der Waals surface area contributed by atoms with E-state index in [1.165, 1.54) is 52.4 Å². The molecule has 4 heteroatoms. The number of aliphatic hydroxyl groups is 1. The molecule has 1 amide bonds. The molecule has 31 heavy (non-hydrogen) atoms. The van der Waals surface area contributed by atoms with Gasteiger partial charge in [-0.2, -0.15) is 0 Å². The Hall–Kier alpha value is -2.59. The van der Waals surface area contributed by atoms with Gasteiger partial charge in [0, 0.05) is 35.6 Å². The number of H-pyrrole nitrogens is 1. The lowest BCUT2D eigenvalue weighted by atomic mass is 9.60. The zero-order valence-corrected chi connectivity index (χ0v) is 19.3. The molecule has 0 radical (unpaired) electrons. The summed E-state index contributed by atoms with van der Waals surface area (Å²) < 4.78 is 0. The predicted octanol–water partition coefficient (Wildman–Crippen LogP) is 5.49. The first-order valence-corrected chi connectivity index (χ1v) is 11.6. The Kier molecular flexibility index (Phi) is 7.55. The number of aromatic amines is 1. The van der Waals surface area contributed by atoms with Crippen LogP contribution in [0.1, 0.15) is 61.8 Å². The number of nitrogens with zero attached hydrogens (tertiary/aromatic N) is 1. The minimum Gasteiger partial charge on any atom is -0.391 e. The summed E-state index contributed by atoms with van der Waals surface area (Å²) in [5, 5.41) is 10.2. The molecular weight excluding hydrogens is 384 g/mol. The molecule has 2 aromatic carbocycles. The summed E-state index contributed by atoms with van der Waals surface area (Å²) in [6, 6.07) is 15.8. The van der Waals surface area contributed by atoms with Gasteiger partial charge in [0.15, 0.2) is 0 Å². The van der Waals surface area contributed by atoms with Gasteiger partial charge in [-0.1, -0.05) is 68.3 Å². The van der Waals surface area contributed by atoms with Gasteiger partial charge in [0.05, 0.1) is 6.10 Å². The van der Waals surface area contributed by atoms with Crippen LogP contribution in [0.2, 0.25) is 0 Å². The van der Waals surface area contributed by atoms with Gasteiger partial charge in [0.25, 0.3) is 0 Å². The molecule has 1 aliphatic heterocycles. The third-order valence-electron chi connectivity index (χ3n) is 6.59. The summed E-state index contributed by atoms with van der Waals surface area (Å²) in [4.78, 5) is 15.1. The normalized spacial score (nSPS) is 19.0. The summed E-state index contributed by atoms with van der Waals surface area (Å²) in [6.07, 6.45) is 7.33. The number of benzene rings is 2. The standard InChI is InChI=1S/C20H21N.C5H9NO2.C2H6/c1-14-7-9-16(10-8-14)20(11-4-12-20)18-13-21-19-15(2)5-3-6-17(18)19;7-4-6-2-1-5(8)3-6;1-2/h3,5-10,13,21H,4,11-12H2,1-2H3;4-5,8H,1-3H2;1-2H3. The maximum atomic E-state index is 9.97. The van der Waals surface area contributed by atoms with Gasteiger partial charge in [0.2, 0.25) is 6.41 Å². The minimum absolute atomic E-state index is 0.222. The molecule has 3 aromatic rings. The molecule has 2 aliphatic rings. The van der Waals surface area contributed by atoms with Crippen molar-refractivity contribution < 1.29 is 9.90 Å². The molecule has 0 spiro atoms. The summed E-state index contributed by atoms with van der Waals surface area (Å²) in [5.74, 6) is 0. The quantitative estimate of drug-likeness (QED) is 0.551. The zero-order valence-electron chi connectivity index (χ0n) is 19.3. The van der Waals surface area contributed by atoms with Crippen LogP contribution in [0.15, 0.2) is 48.7 Å². The molecule has 1 unspecified atom stereocenters. The second-order valence-corrected chi connectivity index (χ2v) is 8.54. The highest BCUT2D eigenvalue weighted by atomic mass is 16.3. The molecule has 1 saturated carbocycles. The molecule has 1 saturated heterocycles. The predicted molar refractivity (Wildman–Crippen MR) is 128 cm³/mol. The van der Waals surface area contributed by atoms with Crippen molar-refractivity contribution in [2.75, 3.05) is 13.1 Å². The van der Waals surface area contributed by atoms with E-state index in [1.807, 2.05) is 13.8 Å². The van der Waals surface area contributed by atoms with Gasteiger partial charge in [-0.15, -0.1) is 0 Å². The molecule has 1 aromatic heterocycles. The van der Waals surface area contributed by atoms with Crippen molar-refractivity contribution in [3.8, 4) is 0 Å². The molecule has 1 atom stereocenters. The van der Waals surface area contributed by atoms with Gasteiger partial charge in [-0.3, -0.25) is 4.79 Å². The largest absolute Gasteiger partial charge is 0.391 e. The monoisotopic (exact) mass is 420 g/mol. The number of fused-ring (bicyclic) bond motifs is 1. The van der Waals surface area contributed by atoms with E-state index in [-0.39, 0.29) is 11.5 Å². The third kappa shape index (κ3) is 4.69. The Balaban J connectivity index is 0.000000230. The zero-order chi connectivity index (χ0) is 22.4. The Bertz CT molecular complexity index is 986. The van der Waals surface area contributed by atoms with Crippen LogP contribution in [0.25, 0.3) is 10.9 Å². The number of β-amino-alcohol motifs (C(OH)–C–C–N with tert-alkyl or cyclic N) is 1. The van der Waals surface area contributed by atoms with E-state index in [1.54, 1.807) is 4.90 Å². The number of carbonyl (C=O) groups is 1. The number of rotatable bonds is 3. The fourth-order valence-electron chi connectivity index (χ4n) is 4.68. The summed E-state index contributed by atoms with van der Waals surface area (Å²) in [6.45, 7) is 9.57. The average molecular weight is 421 g/mol. The van der Waals surface area contributed by atoms with Crippen LogP contribution in [0, 0.1) is 13.8 Å². The van der Waals surface area contributed by atoms with Gasteiger partial charge < -0.3 is 15.0 Å². The number of aromatic nitrogens is 1. The fraction of sp³-hybridized carbons (Fsp3) is 0.444. The van der Waals surface area contributed by atoms with Crippen LogP contribution in [-0.2, 0) is 10.2 Å². The summed E-state index contributed by atoms with van der Waals surface area (Å²) in [7, 11) is 0. The van der Waals surface area contributed by atoms with Crippen molar-refractivity contribution in [2.24, 2.45) is 0 Å². The number of likely N-dealkylation sites (tertiary alicyclic amines) is 1. The number of aliphatic hydroxyl groups excluding tert-OH is 1. The Morgan fingerprint density at radius 2 is 1.81 bits per heavy atom. The molecule has 0 bridgehead atoms. The number of carbonyl (C=O) groups excluding carboxylic acids is 1. The van der Waals surface area contributed by atoms with Crippen LogP contribution in [-0.4, -0.2) is 40.6 Å². The fourth-order valence-corrected chi connectivity index (χ4v) is 4.68. The van der Waals surface area contributed by atoms with E-state index in [4.69, 9.17) is 5.11 Å². The highest BCUT2D eigenvalue weighted by molar-refractivity contribution is 5.87. The highest BCUT2D eigenvalue weighted by Gasteiger charge is 2.41. The lowest BCUT2D eigenvalue weighted by molar-refractivity contribution is -0.117. The lowest BCUT2D eigenvalue weighted by Gasteiger charge is -2.42. The third-order valence-corrected chi connectivity index (χ3v) is 6.59. The van der Waals surface area contributed by atoms with Crippen LogP contribution < -0.4 is 0 Å². The molecule has 2 heterocycles. The molecule has 2 fully saturated rings. The second-order valence-electron chi connectivity index (χ2n) is 8.54. The van der Waals surface area contributed by atoms with E-state index in [2.05, 4.69) is 67.5 Å². The summed E-state index contributed by atoms with van der Waals surface area (Å²) in [5.41, 5.74) is 7.14. The summed E-state index contributed by atoms with van der Waals surface area (Å²) >= 11 is 0. The van der Waals surface area contributed by atoms with Crippen LogP contribution in [0.4, 0.5) is 0 Å². The Labute approximate surface area is 186 Å². The van der Waals surface area contributed by atoms with Crippen molar-refractivity contribution in [1.29, 1.82) is 0 Å². The van der Waals surface area contributed by atoms with Crippen LogP contribution in [0.5, 0.6) is 0 Å². The van der Waals surface area contributed by atoms with E-state index < -0.39 is 0 Å². The molecule has 2 N–H and O–H groups in total. The van der Waals surface area contributed by atoms with Crippen molar-refractivity contribution in [3.63, 3.8) is 0 Å². The number of hydrogen-bond acceptors (Lipinski definition) is 2. The smallest absolute Gasteiger partial charge is 0.209 e. The van der Waals surface area contributed by atoms with Gasteiger partial charge >= 0.3 is 0 Å². The van der Waals surface area contributed by atoms with Crippen molar-refractivity contribution in [3.05, 3.63) is 70.9 Å². The average Bonchev–Trinajstić information content (AvgIpc) is 3.38. The van der Waals surface area contributed by atoms with E-state index in [0.717, 1.165) is 12.8 Å². The second kappa shape index (κ2) is 10.1. The number of nitrogens with one attached hydrogen (secondary N) is 1. The van der Waals surface area contributed by atoms with Crippen molar-refractivity contribution in [2.45, 2.75) is 64.9 Å². The first kappa shape index (κ1) is 23.1. The SMILES string of the molecule is CC.Cc1ccc(C2(c3c[nH]c4c(C)cccc34)CCC2)cc1.O=CN1CCC(O)C1. The lowest BCUT2D eigenvalue weighted by Crippen LogP contribution is -2.35. The van der Waals surface area contributed by atoms with Crippen LogP contribution >= 0.6 is 0 Å². The first-order valence-electron chi connectivity index (χ1n) is 11.6. The minimum atomic E-state index is -0.278. The first-order chi connectivity index (χ1) is 15.0. The van der Waals surface area contributed by atoms with Gasteiger partial charge in [0.1, 0.15) is 0 Å². The number of para-hydroxylation sites is 1. The van der Waals surface area contributed by atoms with Crippen molar-refractivity contribution in [1.82, 2.24) is 9.88 Å².